The van der Waals surface area contributed by atoms with Gasteiger partial charge in [0.25, 0.3) is 5.91 Å². The Kier molecular flexibility index (Phi) is 4.01. The second-order valence-electron chi connectivity index (χ2n) is 6.15. The van der Waals surface area contributed by atoms with Crippen LogP contribution >= 0.6 is 11.3 Å². The highest BCUT2D eigenvalue weighted by Gasteiger charge is 2.24. The van der Waals surface area contributed by atoms with Crippen LogP contribution in [0.4, 0.5) is 0 Å². The highest BCUT2D eigenvalue weighted by atomic mass is 32.1. The predicted molar refractivity (Wildman–Crippen MR) is 96.8 cm³/mol. The van der Waals surface area contributed by atoms with Crippen molar-refractivity contribution in [2.24, 2.45) is 0 Å². The molecule has 0 unspecified atom stereocenters. The van der Waals surface area contributed by atoms with E-state index < -0.39 is 0 Å². The van der Waals surface area contributed by atoms with Crippen molar-refractivity contribution in [3.8, 4) is 11.3 Å². The summed E-state index contributed by atoms with van der Waals surface area (Å²) in [4.78, 5) is 32.7. The fraction of sp³-hybridized carbons (Fsp3) is 0.278. The maximum Gasteiger partial charge on any atom is 0.271 e. The molecule has 1 saturated heterocycles. The van der Waals surface area contributed by atoms with E-state index in [1.807, 2.05) is 34.2 Å². The lowest BCUT2D eigenvalue weighted by molar-refractivity contribution is -0.119. The van der Waals surface area contributed by atoms with Gasteiger partial charge in [-0.1, -0.05) is 24.3 Å². The zero-order valence-corrected chi connectivity index (χ0v) is 14.7. The molecule has 1 aliphatic rings. The van der Waals surface area contributed by atoms with Gasteiger partial charge in [0.15, 0.2) is 4.96 Å². The van der Waals surface area contributed by atoms with Crippen molar-refractivity contribution in [2.45, 2.75) is 6.92 Å². The Bertz CT molecular complexity index is 938. The summed E-state index contributed by atoms with van der Waals surface area (Å²) in [7, 11) is 0. The molecular formula is C18H18N4O2S. The molecule has 0 N–H and O–H groups in total. The quantitative estimate of drug-likeness (QED) is 0.678. The van der Waals surface area contributed by atoms with Crippen LogP contribution < -0.4 is 0 Å². The van der Waals surface area contributed by atoms with Crippen LogP contribution in [-0.2, 0) is 4.79 Å². The van der Waals surface area contributed by atoms with Crippen molar-refractivity contribution in [1.82, 2.24) is 19.2 Å². The molecular weight excluding hydrogens is 336 g/mol. The van der Waals surface area contributed by atoms with Crippen molar-refractivity contribution in [3.05, 3.63) is 47.1 Å². The molecule has 128 valence electrons. The first-order valence-electron chi connectivity index (χ1n) is 8.18. The number of aryl methyl sites for hydroxylation is 1. The number of fused-ring (bicyclic) bond motifs is 1. The SMILES string of the molecule is Cc1ccccc1-c1cn2c(C(=O)N3CCN(C=O)CC3)csc2n1. The molecule has 0 saturated carbocycles. The fourth-order valence-corrected chi connectivity index (χ4v) is 3.97. The molecule has 0 atom stereocenters. The van der Waals surface area contributed by atoms with Crippen molar-refractivity contribution in [1.29, 1.82) is 0 Å². The maximum atomic E-state index is 12.9. The molecule has 1 fully saturated rings. The average molecular weight is 354 g/mol. The predicted octanol–water partition coefficient (Wildman–Crippen LogP) is 2.29. The Morgan fingerprint density at radius 1 is 1.20 bits per heavy atom. The molecule has 1 aromatic carbocycles. The van der Waals surface area contributed by atoms with Crippen LogP contribution in [-0.4, -0.2) is 57.7 Å². The van der Waals surface area contributed by atoms with Crippen LogP contribution in [0.2, 0.25) is 0 Å². The number of aromatic nitrogens is 2. The number of carbonyl (C=O) groups excluding carboxylic acids is 2. The van der Waals surface area contributed by atoms with E-state index in [9.17, 15) is 9.59 Å². The van der Waals surface area contributed by atoms with E-state index in [-0.39, 0.29) is 5.91 Å². The summed E-state index contributed by atoms with van der Waals surface area (Å²) < 4.78 is 1.88. The van der Waals surface area contributed by atoms with Gasteiger partial charge < -0.3 is 9.80 Å². The van der Waals surface area contributed by atoms with Crippen molar-refractivity contribution < 1.29 is 9.59 Å². The van der Waals surface area contributed by atoms with Crippen LogP contribution in [0.3, 0.4) is 0 Å². The lowest BCUT2D eigenvalue weighted by Crippen LogP contribution is -2.48. The van der Waals surface area contributed by atoms with Gasteiger partial charge in [-0.15, -0.1) is 11.3 Å². The molecule has 0 aliphatic carbocycles. The molecule has 2 amide bonds. The lowest BCUT2D eigenvalue weighted by atomic mass is 10.1. The number of carbonyl (C=O) groups is 2. The molecule has 0 spiro atoms. The van der Waals surface area contributed by atoms with Crippen LogP contribution in [0.25, 0.3) is 16.2 Å². The van der Waals surface area contributed by atoms with E-state index in [1.54, 1.807) is 9.80 Å². The van der Waals surface area contributed by atoms with Crippen molar-refractivity contribution in [3.63, 3.8) is 0 Å². The summed E-state index contributed by atoms with van der Waals surface area (Å²) in [5, 5.41) is 1.86. The number of rotatable bonds is 3. The van der Waals surface area contributed by atoms with Crippen LogP contribution in [0.5, 0.6) is 0 Å². The first-order chi connectivity index (χ1) is 12.2. The zero-order valence-electron chi connectivity index (χ0n) is 13.9. The third-order valence-electron chi connectivity index (χ3n) is 4.60. The van der Waals surface area contributed by atoms with Gasteiger partial charge in [0.05, 0.1) is 5.69 Å². The number of nitrogens with zero attached hydrogens (tertiary/aromatic N) is 4. The largest absolute Gasteiger partial charge is 0.342 e. The molecule has 25 heavy (non-hydrogen) atoms. The summed E-state index contributed by atoms with van der Waals surface area (Å²) in [6.45, 7) is 4.35. The Balaban J connectivity index is 1.64. The van der Waals surface area contributed by atoms with Crippen LogP contribution in [0.15, 0.2) is 35.8 Å². The monoisotopic (exact) mass is 354 g/mol. The summed E-state index contributed by atoms with van der Waals surface area (Å²) in [5.41, 5.74) is 3.75. The fourth-order valence-electron chi connectivity index (χ4n) is 3.12. The second-order valence-corrected chi connectivity index (χ2v) is 6.98. The summed E-state index contributed by atoms with van der Waals surface area (Å²) in [6.07, 6.45) is 2.78. The average Bonchev–Trinajstić information content (AvgIpc) is 3.22. The van der Waals surface area contributed by atoms with Crippen LogP contribution in [0, 0.1) is 6.92 Å². The molecule has 0 radical (unpaired) electrons. The van der Waals surface area contributed by atoms with Crippen LogP contribution in [0.1, 0.15) is 16.1 Å². The van der Waals surface area contributed by atoms with Gasteiger partial charge in [0.1, 0.15) is 5.69 Å². The van der Waals surface area contributed by atoms with Gasteiger partial charge in [0.2, 0.25) is 6.41 Å². The minimum atomic E-state index is -0.00877. The Morgan fingerprint density at radius 2 is 1.96 bits per heavy atom. The molecule has 1 aliphatic heterocycles. The van der Waals surface area contributed by atoms with Gasteiger partial charge >= 0.3 is 0 Å². The van der Waals surface area contributed by atoms with Gasteiger partial charge in [-0.3, -0.25) is 14.0 Å². The molecule has 6 nitrogen and oxygen atoms in total. The third-order valence-corrected chi connectivity index (χ3v) is 5.44. The Hall–Kier alpha value is -2.67. The third kappa shape index (κ3) is 2.80. The van der Waals surface area contributed by atoms with Gasteiger partial charge in [-0.25, -0.2) is 4.98 Å². The maximum absolute atomic E-state index is 12.9. The smallest absolute Gasteiger partial charge is 0.271 e. The number of hydrogen-bond acceptors (Lipinski definition) is 4. The highest BCUT2D eigenvalue weighted by Crippen LogP contribution is 2.26. The van der Waals surface area contributed by atoms with E-state index >= 15 is 0 Å². The molecule has 3 aromatic rings. The first kappa shape index (κ1) is 15.8. The zero-order chi connectivity index (χ0) is 17.4. The minimum absolute atomic E-state index is 0.00877. The number of benzene rings is 1. The summed E-state index contributed by atoms with van der Waals surface area (Å²) >= 11 is 1.47. The Labute approximate surface area is 149 Å². The standard InChI is InChI=1S/C18H18N4O2S/c1-13-4-2-3-5-14(13)15-10-22-16(11-25-18(22)19-15)17(24)21-8-6-20(12-23)7-9-21/h2-5,10-12H,6-9H2,1H3. The molecule has 4 rings (SSSR count). The lowest BCUT2D eigenvalue weighted by Gasteiger charge is -2.32. The number of piperazine rings is 1. The number of imidazole rings is 1. The van der Waals surface area contributed by atoms with Crippen molar-refractivity contribution in [2.75, 3.05) is 26.2 Å². The van der Waals surface area contributed by atoms with E-state index in [0.29, 0.717) is 31.9 Å². The first-order valence-corrected chi connectivity index (χ1v) is 9.06. The van der Waals surface area contributed by atoms with E-state index in [1.165, 1.54) is 11.3 Å². The topological polar surface area (TPSA) is 57.9 Å². The molecule has 0 bridgehead atoms. The number of hydrogen-bond donors (Lipinski definition) is 0. The van der Waals surface area contributed by atoms with E-state index in [4.69, 9.17) is 0 Å². The van der Waals surface area contributed by atoms with E-state index in [0.717, 1.165) is 28.2 Å². The van der Waals surface area contributed by atoms with Crippen molar-refractivity contribution >= 4 is 28.6 Å². The second kappa shape index (κ2) is 6.33. The summed E-state index contributed by atoms with van der Waals surface area (Å²) in [6, 6.07) is 8.10. The van der Waals surface area contributed by atoms with E-state index in [2.05, 4.69) is 18.0 Å². The van der Waals surface area contributed by atoms with Gasteiger partial charge in [-0.2, -0.15) is 0 Å². The summed E-state index contributed by atoms with van der Waals surface area (Å²) in [5.74, 6) is -0.00877. The molecule has 3 heterocycles. The normalized spacial score (nSPS) is 14.9. The molecule has 7 heteroatoms. The number of thiazole rings is 1. The minimum Gasteiger partial charge on any atom is -0.342 e. The van der Waals surface area contributed by atoms with Gasteiger partial charge in [0, 0.05) is 43.3 Å². The highest BCUT2D eigenvalue weighted by molar-refractivity contribution is 7.15. The molecule has 2 aromatic heterocycles. The van der Waals surface area contributed by atoms with Gasteiger partial charge in [-0.05, 0) is 12.5 Å². The number of amides is 2. The Morgan fingerprint density at radius 3 is 2.68 bits per heavy atom.